The van der Waals surface area contributed by atoms with Crippen LogP contribution >= 0.6 is 11.6 Å². The first-order chi connectivity index (χ1) is 9.51. The summed E-state index contributed by atoms with van der Waals surface area (Å²) in [4.78, 5) is 0. The molecular weight excluding hydrogens is 284 g/mol. The third-order valence-corrected chi connectivity index (χ3v) is 3.42. The van der Waals surface area contributed by atoms with Crippen LogP contribution in [0.1, 0.15) is 17.2 Å². The third-order valence-electron chi connectivity index (χ3n) is 3.05. The van der Waals surface area contributed by atoms with Gasteiger partial charge in [-0.2, -0.15) is 0 Å². The number of nitrogens with two attached hydrogens (primary N) is 1. The summed E-state index contributed by atoms with van der Waals surface area (Å²) in [6, 6.07) is 8.11. The molecule has 0 bridgehead atoms. The lowest BCUT2D eigenvalue weighted by Gasteiger charge is -2.14. The highest BCUT2D eigenvalue weighted by Gasteiger charge is 2.13. The summed E-state index contributed by atoms with van der Waals surface area (Å²) in [5.74, 6) is -0.691. The van der Waals surface area contributed by atoms with Crippen LogP contribution in [-0.4, -0.2) is 7.11 Å². The summed E-state index contributed by atoms with van der Waals surface area (Å²) >= 11 is 6.00. The van der Waals surface area contributed by atoms with Crippen LogP contribution in [0.4, 0.5) is 8.78 Å². The Labute approximate surface area is 121 Å². The zero-order valence-electron chi connectivity index (χ0n) is 10.9. The van der Waals surface area contributed by atoms with Crippen molar-refractivity contribution in [1.29, 1.82) is 0 Å². The molecule has 0 radical (unpaired) electrons. The first-order valence-electron chi connectivity index (χ1n) is 6.04. The average molecular weight is 298 g/mol. The molecule has 0 heterocycles. The van der Waals surface area contributed by atoms with Crippen LogP contribution in [0.25, 0.3) is 0 Å². The number of hydrogen-bond acceptors (Lipinski definition) is 2. The van der Waals surface area contributed by atoms with Crippen molar-refractivity contribution in [3.05, 3.63) is 64.2 Å². The van der Waals surface area contributed by atoms with Gasteiger partial charge in [0.15, 0.2) is 11.6 Å². The maximum atomic E-state index is 13.3. The Morgan fingerprint density at radius 2 is 1.95 bits per heavy atom. The number of rotatable bonds is 4. The number of benzene rings is 2. The number of halogens is 3. The molecule has 0 spiro atoms. The van der Waals surface area contributed by atoms with E-state index in [9.17, 15) is 8.78 Å². The Morgan fingerprint density at radius 1 is 1.20 bits per heavy atom. The van der Waals surface area contributed by atoms with E-state index in [1.54, 1.807) is 6.07 Å². The second-order valence-corrected chi connectivity index (χ2v) is 4.85. The SMILES string of the molecule is COc1cc(C(N)Cc2cc(F)ccc2Cl)ccc1F. The molecule has 2 aromatic carbocycles. The van der Waals surface area contributed by atoms with Crippen molar-refractivity contribution < 1.29 is 13.5 Å². The fourth-order valence-electron chi connectivity index (χ4n) is 1.96. The van der Waals surface area contributed by atoms with E-state index in [1.807, 2.05) is 0 Å². The van der Waals surface area contributed by atoms with E-state index < -0.39 is 11.9 Å². The maximum Gasteiger partial charge on any atom is 0.165 e. The molecule has 0 aromatic heterocycles. The molecule has 20 heavy (non-hydrogen) atoms. The van der Waals surface area contributed by atoms with Gasteiger partial charge >= 0.3 is 0 Å². The van der Waals surface area contributed by atoms with Crippen molar-refractivity contribution in [3.8, 4) is 5.75 Å². The van der Waals surface area contributed by atoms with Gasteiger partial charge < -0.3 is 10.5 Å². The van der Waals surface area contributed by atoms with E-state index >= 15 is 0 Å². The van der Waals surface area contributed by atoms with Gasteiger partial charge in [0.25, 0.3) is 0 Å². The molecule has 0 aliphatic carbocycles. The van der Waals surface area contributed by atoms with Gasteiger partial charge in [-0.1, -0.05) is 17.7 Å². The Balaban J connectivity index is 2.23. The molecule has 5 heteroatoms. The highest BCUT2D eigenvalue weighted by Crippen LogP contribution is 2.26. The van der Waals surface area contributed by atoms with Crippen molar-refractivity contribution in [2.24, 2.45) is 5.73 Å². The highest BCUT2D eigenvalue weighted by molar-refractivity contribution is 6.31. The van der Waals surface area contributed by atoms with Crippen molar-refractivity contribution in [3.63, 3.8) is 0 Å². The first kappa shape index (κ1) is 14.8. The zero-order chi connectivity index (χ0) is 14.7. The standard InChI is InChI=1S/C15H14ClF2NO/c1-20-15-8-9(2-5-13(15)18)14(19)7-10-6-11(17)3-4-12(10)16/h2-6,8,14H,7,19H2,1H3. The van der Waals surface area contributed by atoms with Crippen LogP contribution in [-0.2, 0) is 6.42 Å². The molecule has 0 fully saturated rings. The average Bonchev–Trinajstić information content (AvgIpc) is 2.43. The molecule has 0 saturated carbocycles. The summed E-state index contributed by atoms with van der Waals surface area (Å²) in [7, 11) is 1.39. The molecule has 1 atom stereocenters. The molecule has 0 amide bonds. The van der Waals surface area contributed by atoms with Crippen LogP contribution in [0.15, 0.2) is 36.4 Å². The highest BCUT2D eigenvalue weighted by atomic mass is 35.5. The van der Waals surface area contributed by atoms with E-state index in [2.05, 4.69) is 0 Å². The largest absolute Gasteiger partial charge is 0.494 e. The number of hydrogen-bond donors (Lipinski definition) is 1. The quantitative estimate of drug-likeness (QED) is 0.930. The Hall–Kier alpha value is -1.65. The molecule has 0 aliphatic heterocycles. The molecule has 2 rings (SSSR count). The van der Waals surface area contributed by atoms with Gasteiger partial charge in [-0.15, -0.1) is 0 Å². The summed E-state index contributed by atoms with van der Waals surface area (Å²) < 4.78 is 31.5. The number of ether oxygens (including phenoxy) is 1. The van der Waals surface area contributed by atoms with E-state index in [0.717, 1.165) is 0 Å². The normalized spacial score (nSPS) is 12.2. The van der Waals surface area contributed by atoms with E-state index in [1.165, 1.54) is 37.4 Å². The smallest absolute Gasteiger partial charge is 0.165 e. The lowest BCUT2D eigenvalue weighted by atomic mass is 9.99. The minimum Gasteiger partial charge on any atom is -0.494 e. The fraction of sp³-hybridized carbons (Fsp3) is 0.200. The Bertz CT molecular complexity index is 619. The topological polar surface area (TPSA) is 35.2 Å². The molecule has 2 aromatic rings. The first-order valence-corrected chi connectivity index (χ1v) is 6.42. The Morgan fingerprint density at radius 3 is 2.65 bits per heavy atom. The van der Waals surface area contributed by atoms with Gasteiger partial charge in [0.05, 0.1) is 7.11 Å². The van der Waals surface area contributed by atoms with Crippen molar-refractivity contribution in [2.45, 2.75) is 12.5 Å². The predicted octanol–water partition coefficient (Wildman–Crippen LogP) is 3.87. The molecular formula is C15H14ClF2NO. The second-order valence-electron chi connectivity index (χ2n) is 4.44. The Kier molecular flexibility index (Phi) is 4.57. The lowest BCUT2D eigenvalue weighted by Crippen LogP contribution is -2.14. The second kappa shape index (κ2) is 6.20. The van der Waals surface area contributed by atoms with Gasteiger partial charge in [0.1, 0.15) is 5.82 Å². The molecule has 0 aliphatic rings. The third kappa shape index (κ3) is 3.26. The molecule has 2 nitrogen and oxygen atoms in total. The summed E-state index contributed by atoms with van der Waals surface area (Å²) in [6.07, 6.45) is 0.353. The van der Waals surface area contributed by atoms with Crippen LogP contribution in [0.3, 0.4) is 0 Å². The van der Waals surface area contributed by atoms with E-state index in [-0.39, 0.29) is 11.6 Å². The zero-order valence-corrected chi connectivity index (χ0v) is 11.6. The van der Waals surface area contributed by atoms with Crippen LogP contribution < -0.4 is 10.5 Å². The summed E-state index contributed by atoms with van der Waals surface area (Å²) in [6.45, 7) is 0. The number of methoxy groups -OCH3 is 1. The maximum absolute atomic E-state index is 13.3. The van der Waals surface area contributed by atoms with Crippen LogP contribution in [0, 0.1) is 11.6 Å². The van der Waals surface area contributed by atoms with Gasteiger partial charge in [0, 0.05) is 11.1 Å². The molecule has 2 N–H and O–H groups in total. The van der Waals surface area contributed by atoms with E-state index in [4.69, 9.17) is 22.1 Å². The monoisotopic (exact) mass is 297 g/mol. The minimum atomic E-state index is -0.452. The predicted molar refractivity (Wildman–Crippen MR) is 75.0 cm³/mol. The van der Waals surface area contributed by atoms with E-state index in [0.29, 0.717) is 22.6 Å². The van der Waals surface area contributed by atoms with Gasteiger partial charge in [0.2, 0.25) is 0 Å². The van der Waals surface area contributed by atoms with Gasteiger partial charge in [-0.25, -0.2) is 8.78 Å². The minimum absolute atomic E-state index is 0.128. The fourth-order valence-corrected chi connectivity index (χ4v) is 2.16. The van der Waals surface area contributed by atoms with Gasteiger partial charge in [-0.05, 0) is 47.9 Å². The van der Waals surface area contributed by atoms with Gasteiger partial charge in [-0.3, -0.25) is 0 Å². The van der Waals surface area contributed by atoms with Crippen molar-refractivity contribution in [1.82, 2.24) is 0 Å². The summed E-state index contributed by atoms with van der Waals surface area (Å²) in [5.41, 5.74) is 7.37. The lowest BCUT2D eigenvalue weighted by molar-refractivity contribution is 0.385. The summed E-state index contributed by atoms with van der Waals surface area (Å²) in [5, 5.41) is 0.455. The van der Waals surface area contributed by atoms with Crippen molar-refractivity contribution >= 4 is 11.6 Å². The molecule has 106 valence electrons. The van der Waals surface area contributed by atoms with Crippen LogP contribution in [0.2, 0.25) is 5.02 Å². The van der Waals surface area contributed by atoms with Crippen molar-refractivity contribution in [2.75, 3.05) is 7.11 Å². The van der Waals surface area contributed by atoms with Crippen LogP contribution in [0.5, 0.6) is 5.75 Å². The molecule has 1 unspecified atom stereocenters. The molecule has 0 saturated heterocycles.